The third kappa shape index (κ3) is 6.02. The summed E-state index contributed by atoms with van der Waals surface area (Å²) in [7, 11) is 0. The van der Waals surface area contributed by atoms with Crippen LogP contribution < -0.4 is 15.4 Å². The number of halogens is 1. The maximum atomic E-state index is 13.3. The predicted octanol–water partition coefficient (Wildman–Crippen LogP) is 2.23. The summed E-state index contributed by atoms with van der Waals surface area (Å²) in [5.74, 6) is 0.0753. The van der Waals surface area contributed by atoms with Crippen LogP contribution in [0.4, 0.5) is 4.39 Å². The lowest BCUT2D eigenvalue weighted by molar-refractivity contribution is -0.123. The van der Waals surface area contributed by atoms with Crippen molar-refractivity contribution in [1.82, 2.24) is 10.6 Å². The number of rotatable bonds is 9. The van der Waals surface area contributed by atoms with Gasteiger partial charge in [-0.3, -0.25) is 4.79 Å². The molecule has 1 aromatic rings. The summed E-state index contributed by atoms with van der Waals surface area (Å²) in [5.41, 5.74) is 0.724. The number of hydrogen-bond acceptors (Lipinski definition) is 3. The predicted molar refractivity (Wildman–Crippen MR) is 77.2 cm³/mol. The molecular formula is C15H23FN2O2. The molecule has 0 saturated carbocycles. The van der Waals surface area contributed by atoms with Gasteiger partial charge in [0.1, 0.15) is 11.6 Å². The van der Waals surface area contributed by atoms with Crippen molar-refractivity contribution in [2.24, 2.45) is 0 Å². The largest absolute Gasteiger partial charge is 0.483 e. The standard InChI is InChI=1S/C15H23FN2O2/c1-3-7-17-10-12-9-13(16)5-6-14(12)20-11-15(19)18-8-4-2/h5-6,9,17H,3-4,7-8,10-11H2,1-2H3,(H,18,19). The van der Waals surface area contributed by atoms with Gasteiger partial charge in [0.2, 0.25) is 0 Å². The molecule has 20 heavy (non-hydrogen) atoms. The molecule has 0 aromatic heterocycles. The molecule has 0 heterocycles. The van der Waals surface area contributed by atoms with E-state index in [-0.39, 0.29) is 18.3 Å². The number of amides is 1. The number of carbonyl (C=O) groups is 1. The van der Waals surface area contributed by atoms with E-state index in [9.17, 15) is 9.18 Å². The van der Waals surface area contributed by atoms with Gasteiger partial charge in [-0.25, -0.2) is 4.39 Å². The van der Waals surface area contributed by atoms with E-state index in [0.29, 0.717) is 18.8 Å². The molecule has 1 rings (SSSR count). The van der Waals surface area contributed by atoms with Crippen molar-refractivity contribution in [3.8, 4) is 5.75 Å². The van der Waals surface area contributed by atoms with E-state index in [1.807, 2.05) is 6.92 Å². The minimum Gasteiger partial charge on any atom is -0.483 e. The highest BCUT2D eigenvalue weighted by molar-refractivity contribution is 5.77. The van der Waals surface area contributed by atoms with Crippen molar-refractivity contribution in [2.45, 2.75) is 33.2 Å². The van der Waals surface area contributed by atoms with E-state index in [0.717, 1.165) is 24.9 Å². The monoisotopic (exact) mass is 282 g/mol. The van der Waals surface area contributed by atoms with Crippen molar-refractivity contribution in [1.29, 1.82) is 0 Å². The Morgan fingerprint density at radius 2 is 2.00 bits per heavy atom. The van der Waals surface area contributed by atoms with Gasteiger partial charge in [0.25, 0.3) is 5.91 Å². The fourth-order valence-corrected chi connectivity index (χ4v) is 1.69. The molecule has 0 aliphatic heterocycles. The molecule has 1 aromatic carbocycles. The smallest absolute Gasteiger partial charge is 0.257 e. The SMILES string of the molecule is CCCNCc1cc(F)ccc1OCC(=O)NCCC. The average molecular weight is 282 g/mol. The quantitative estimate of drug-likeness (QED) is 0.683. The second kappa shape index (κ2) is 9.31. The van der Waals surface area contributed by atoms with Crippen molar-refractivity contribution in [3.63, 3.8) is 0 Å². The number of carbonyl (C=O) groups excluding carboxylic acids is 1. The molecule has 0 aliphatic rings. The van der Waals surface area contributed by atoms with Crippen LogP contribution in [-0.4, -0.2) is 25.6 Å². The van der Waals surface area contributed by atoms with Crippen LogP contribution >= 0.6 is 0 Å². The summed E-state index contributed by atoms with van der Waals surface area (Å²) < 4.78 is 18.7. The zero-order valence-electron chi connectivity index (χ0n) is 12.2. The van der Waals surface area contributed by atoms with E-state index in [1.54, 1.807) is 6.07 Å². The van der Waals surface area contributed by atoms with Gasteiger partial charge in [-0.05, 0) is 37.6 Å². The fourth-order valence-electron chi connectivity index (χ4n) is 1.69. The molecule has 5 heteroatoms. The van der Waals surface area contributed by atoms with Gasteiger partial charge < -0.3 is 15.4 Å². The molecule has 0 unspecified atom stereocenters. The molecule has 1 amide bonds. The van der Waals surface area contributed by atoms with Crippen LogP contribution in [0, 0.1) is 5.82 Å². The zero-order chi connectivity index (χ0) is 14.8. The zero-order valence-corrected chi connectivity index (χ0v) is 12.2. The molecule has 112 valence electrons. The Balaban J connectivity index is 2.56. The van der Waals surface area contributed by atoms with Crippen molar-refractivity contribution < 1.29 is 13.9 Å². The van der Waals surface area contributed by atoms with E-state index in [4.69, 9.17) is 4.74 Å². The third-order valence-corrected chi connectivity index (χ3v) is 2.70. The van der Waals surface area contributed by atoms with Crippen molar-refractivity contribution in [2.75, 3.05) is 19.7 Å². The molecule has 2 N–H and O–H groups in total. The first-order valence-electron chi connectivity index (χ1n) is 7.06. The van der Waals surface area contributed by atoms with E-state index < -0.39 is 0 Å². The summed E-state index contributed by atoms with van der Waals surface area (Å²) >= 11 is 0. The Morgan fingerprint density at radius 1 is 1.25 bits per heavy atom. The summed E-state index contributed by atoms with van der Waals surface area (Å²) in [6.07, 6.45) is 1.89. The van der Waals surface area contributed by atoms with E-state index in [2.05, 4.69) is 17.6 Å². The van der Waals surface area contributed by atoms with Crippen LogP contribution in [0.2, 0.25) is 0 Å². The Bertz CT molecular complexity index is 424. The van der Waals surface area contributed by atoms with Gasteiger partial charge in [0, 0.05) is 18.7 Å². The highest BCUT2D eigenvalue weighted by Crippen LogP contribution is 2.19. The Hall–Kier alpha value is -1.62. The van der Waals surface area contributed by atoms with Gasteiger partial charge in [0.05, 0.1) is 0 Å². The molecule has 0 fully saturated rings. The molecule has 0 aliphatic carbocycles. The second-order valence-corrected chi connectivity index (χ2v) is 4.57. The molecule has 0 saturated heterocycles. The van der Waals surface area contributed by atoms with Crippen LogP contribution in [0.1, 0.15) is 32.3 Å². The molecule has 4 nitrogen and oxygen atoms in total. The number of benzene rings is 1. The lowest BCUT2D eigenvalue weighted by Crippen LogP contribution is -2.29. The Labute approximate surface area is 119 Å². The maximum Gasteiger partial charge on any atom is 0.257 e. The summed E-state index contributed by atoms with van der Waals surface area (Å²) in [5, 5.41) is 5.93. The van der Waals surface area contributed by atoms with Crippen LogP contribution in [0.15, 0.2) is 18.2 Å². The minimum absolute atomic E-state index is 0.0492. The average Bonchev–Trinajstić information content (AvgIpc) is 2.44. The third-order valence-electron chi connectivity index (χ3n) is 2.70. The molecule has 0 spiro atoms. The van der Waals surface area contributed by atoms with Gasteiger partial charge in [-0.15, -0.1) is 0 Å². The highest BCUT2D eigenvalue weighted by Gasteiger charge is 2.08. The normalized spacial score (nSPS) is 10.3. The van der Waals surface area contributed by atoms with Crippen LogP contribution in [0.3, 0.4) is 0 Å². The first-order chi connectivity index (χ1) is 9.67. The molecule has 0 atom stereocenters. The summed E-state index contributed by atoms with van der Waals surface area (Å²) in [6.45, 7) is 6.01. The fraction of sp³-hybridized carbons (Fsp3) is 0.533. The Kier molecular flexibility index (Phi) is 7.65. The van der Waals surface area contributed by atoms with Gasteiger partial charge in [-0.1, -0.05) is 13.8 Å². The van der Waals surface area contributed by atoms with Crippen LogP contribution in [-0.2, 0) is 11.3 Å². The first-order valence-corrected chi connectivity index (χ1v) is 7.06. The van der Waals surface area contributed by atoms with Gasteiger partial charge in [-0.2, -0.15) is 0 Å². The first kappa shape index (κ1) is 16.4. The van der Waals surface area contributed by atoms with Crippen LogP contribution in [0.25, 0.3) is 0 Å². The lowest BCUT2D eigenvalue weighted by Gasteiger charge is -2.12. The highest BCUT2D eigenvalue weighted by atomic mass is 19.1. The summed E-state index contributed by atoms with van der Waals surface area (Å²) in [6, 6.07) is 4.33. The lowest BCUT2D eigenvalue weighted by atomic mass is 10.2. The maximum absolute atomic E-state index is 13.3. The van der Waals surface area contributed by atoms with E-state index >= 15 is 0 Å². The molecular weight excluding hydrogens is 259 g/mol. The van der Waals surface area contributed by atoms with Crippen LogP contribution in [0.5, 0.6) is 5.75 Å². The second-order valence-electron chi connectivity index (χ2n) is 4.57. The van der Waals surface area contributed by atoms with Crippen molar-refractivity contribution >= 4 is 5.91 Å². The summed E-state index contributed by atoms with van der Waals surface area (Å²) in [4.78, 5) is 11.5. The topological polar surface area (TPSA) is 50.4 Å². The van der Waals surface area contributed by atoms with Gasteiger partial charge >= 0.3 is 0 Å². The molecule has 0 bridgehead atoms. The molecule has 0 radical (unpaired) electrons. The number of ether oxygens (including phenoxy) is 1. The number of hydrogen-bond donors (Lipinski definition) is 2. The van der Waals surface area contributed by atoms with Crippen molar-refractivity contribution in [3.05, 3.63) is 29.6 Å². The van der Waals surface area contributed by atoms with Gasteiger partial charge in [0.15, 0.2) is 6.61 Å². The van der Waals surface area contributed by atoms with E-state index in [1.165, 1.54) is 12.1 Å². The Morgan fingerprint density at radius 3 is 2.70 bits per heavy atom. The minimum atomic E-state index is -0.305. The number of nitrogens with one attached hydrogen (secondary N) is 2.